The fourth-order valence-corrected chi connectivity index (χ4v) is 2.08. The largest absolute Gasteiger partial charge is 0.383 e. The highest BCUT2D eigenvalue weighted by molar-refractivity contribution is 7.86. The second-order valence-electron chi connectivity index (χ2n) is 3.71. The molecule has 1 aromatic rings. The van der Waals surface area contributed by atoms with Crippen molar-refractivity contribution in [3.63, 3.8) is 0 Å². The number of benzene rings is 1. The predicted molar refractivity (Wildman–Crippen MR) is 66.4 cm³/mol. The van der Waals surface area contributed by atoms with Crippen molar-refractivity contribution in [1.29, 1.82) is 0 Å². The lowest BCUT2D eigenvalue weighted by molar-refractivity contribution is 0.326. The van der Waals surface area contributed by atoms with Crippen LogP contribution in [0.15, 0.2) is 24.3 Å². The molecule has 0 radical (unpaired) electrons. The number of hydrogen-bond acceptors (Lipinski definition) is 6. The average Bonchev–Trinajstić information content (AvgIpc) is 2.13. The van der Waals surface area contributed by atoms with E-state index in [1.807, 2.05) is 0 Å². The van der Waals surface area contributed by atoms with E-state index in [-0.39, 0.29) is 12.4 Å². The molecule has 0 aliphatic carbocycles. The van der Waals surface area contributed by atoms with Crippen molar-refractivity contribution in [2.45, 2.75) is 6.42 Å². The first-order valence-electron chi connectivity index (χ1n) is 4.98. The van der Waals surface area contributed by atoms with E-state index in [4.69, 9.17) is 4.18 Å². The SMILES string of the molecule is CS(=O)(=O)OCCc1cccc(OS(C)(=O)=O)c1. The third-order valence-corrected chi connectivity index (χ3v) is 2.92. The monoisotopic (exact) mass is 294 g/mol. The third-order valence-electron chi connectivity index (χ3n) is 1.83. The molecule has 0 unspecified atom stereocenters. The zero-order chi connectivity index (χ0) is 13.8. The highest BCUT2D eigenvalue weighted by atomic mass is 32.2. The Morgan fingerprint density at radius 2 is 1.72 bits per heavy atom. The molecule has 102 valence electrons. The quantitative estimate of drug-likeness (QED) is 0.712. The van der Waals surface area contributed by atoms with Gasteiger partial charge in [0.15, 0.2) is 0 Å². The first-order chi connectivity index (χ1) is 8.16. The summed E-state index contributed by atoms with van der Waals surface area (Å²) in [6, 6.07) is 6.37. The second-order valence-corrected chi connectivity index (χ2v) is 6.93. The highest BCUT2D eigenvalue weighted by Gasteiger charge is 2.06. The Balaban J connectivity index is 2.66. The van der Waals surface area contributed by atoms with Gasteiger partial charge in [0, 0.05) is 0 Å². The molecule has 1 aromatic carbocycles. The second kappa shape index (κ2) is 5.68. The van der Waals surface area contributed by atoms with Crippen molar-refractivity contribution in [2.24, 2.45) is 0 Å². The lowest BCUT2D eigenvalue weighted by Crippen LogP contribution is -2.07. The van der Waals surface area contributed by atoms with Crippen LogP contribution in [-0.2, 0) is 30.8 Å². The average molecular weight is 294 g/mol. The standard InChI is InChI=1S/C10H14O6S2/c1-17(11,12)15-7-6-9-4-3-5-10(8-9)16-18(2,13)14/h3-5,8H,6-7H2,1-2H3. The molecule has 0 N–H and O–H groups in total. The minimum Gasteiger partial charge on any atom is -0.383 e. The zero-order valence-electron chi connectivity index (χ0n) is 9.99. The summed E-state index contributed by atoms with van der Waals surface area (Å²) < 4.78 is 52.7. The summed E-state index contributed by atoms with van der Waals surface area (Å²) in [6.45, 7) is 0.00115. The van der Waals surface area contributed by atoms with Crippen molar-refractivity contribution in [3.05, 3.63) is 29.8 Å². The van der Waals surface area contributed by atoms with Crippen LogP contribution in [0, 0.1) is 0 Å². The van der Waals surface area contributed by atoms with Crippen molar-refractivity contribution in [2.75, 3.05) is 19.1 Å². The Bertz CT molecular complexity index is 603. The van der Waals surface area contributed by atoms with E-state index >= 15 is 0 Å². The van der Waals surface area contributed by atoms with Crippen LogP contribution in [0.2, 0.25) is 0 Å². The molecule has 0 spiro atoms. The minimum atomic E-state index is -3.56. The Morgan fingerprint density at radius 3 is 2.28 bits per heavy atom. The summed E-state index contributed by atoms with van der Waals surface area (Å²) in [7, 11) is -7.03. The first-order valence-corrected chi connectivity index (χ1v) is 8.62. The summed E-state index contributed by atoms with van der Waals surface area (Å²) in [4.78, 5) is 0. The molecule has 1 rings (SSSR count). The first kappa shape index (κ1) is 14.9. The van der Waals surface area contributed by atoms with Gasteiger partial charge in [-0.2, -0.15) is 16.8 Å². The summed E-state index contributed by atoms with van der Waals surface area (Å²) in [5.74, 6) is 0.189. The van der Waals surface area contributed by atoms with Crippen molar-refractivity contribution < 1.29 is 25.2 Å². The van der Waals surface area contributed by atoms with E-state index < -0.39 is 20.2 Å². The van der Waals surface area contributed by atoms with Gasteiger partial charge in [0.25, 0.3) is 10.1 Å². The van der Waals surface area contributed by atoms with Gasteiger partial charge in [-0.15, -0.1) is 0 Å². The lowest BCUT2D eigenvalue weighted by atomic mass is 10.1. The van der Waals surface area contributed by atoms with E-state index in [0.717, 1.165) is 18.1 Å². The summed E-state index contributed by atoms with van der Waals surface area (Å²) in [6.07, 6.45) is 2.26. The number of rotatable bonds is 6. The van der Waals surface area contributed by atoms with Gasteiger partial charge >= 0.3 is 10.1 Å². The summed E-state index contributed by atoms with van der Waals surface area (Å²) in [5.41, 5.74) is 0.722. The Kier molecular flexibility index (Phi) is 4.71. The fourth-order valence-electron chi connectivity index (χ4n) is 1.24. The Labute approximate surface area is 107 Å². The van der Waals surface area contributed by atoms with E-state index in [1.165, 1.54) is 12.1 Å². The van der Waals surface area contributed by atoms with Gasteiger partial charge in [-0.1, -0.05) is 12.1 Å². The van der Waals surface area contributed by atoms with Gasteiger partial charge < -0.3 is 4.18 Å². The molecule has 0 saturated carbocycles. The zero-order valence-corrected chi connectivity index (χ0v) is 11.6. The molecule has 8 heteroatoms. The Hall–Kier alpha value is -1.12. The van der Waals surface area contributed by atoms with Crippen LogP contribution in [0.5, 0.6) is 5.75 Å². The molecule has 0 aliphatic heterocycles. The molecule has 18 heavy (non-hydrogen) atoms. The van der Waals surface area contributed by atoms with Crippen LogP contribution in [0.4, 0.5) is 0 Å². The summed E-state index contributed by atoms with van der Waals surface area (Å²) in [5, 5.41) is 0. The topological polar surface area (TPSA) is 86.7 Å². The summed E-state index contributed by atoms with van der Waals surface area (Å²) >= 11 is 0. The van der Waals surface area contributed by atoms with Crippen LogP contribution in [0.3, 0.4) is 0 Å². The maximum absolute atomic E-state index is 10.9. The molecule has 0 aliphatic rings. The van der Waals surface area contributed by atoms with E-state index in [2.05, 4.69) is 4.18 Å². The molecular weight excluding hydrogens is 280 g/mol. The third kappa shape index (κ3) is 6.58. The van der Waals surface area contributed by atoms with Gasteiger partial charge in [0.1, 0.15) is 5.75 Å². The van der Waals surface area contributed by atoms with Crippen LogP contribution in [-0.4, -0.2) is 36.0 Å². The highest BCUT2D eigenvalue weighted by Crippen LogP contribution is 2.15. The lowest BCUT2D eigenvalue weighted by Gasteiger charge is -2.05. The van der Waals surface area contributed by atoms with Crippen molar-refractivity contribution in [1.82, 2.24) is 0 Å². The molecule has 6 nitrogen and oxygen atoms in total. The van der Waals surface area contributed by atoms with E-state index in [9.17, 15) is 16.8 Å². The number of hydrogen-bond donors (Lipinski definition) is 0. The predicted octanol–water partition coefficient (Wildman–Crippen LogP) is 0.544. The maximum Gasteiger partial charge on any atom is 0.306 e. The van der Waals surface area contributed by atoms with Crippen molar-refractivity contribution >= 4 is 20.2 Å². The fraction of sp³-hybridized carbons (Fsp3) is 0.400. The van der Waals surface area contributed by atoms with E-state index in [0.29, 0.717) is 6.42 Å². The van der Waals surface area contributed by atoms with E-state index in [1.54, 1.807) is 12.1 Å². The van der Waals surface area contributed by atoms with Gasteiger partial charge in [-0.05, 0) is 24.1 Å². The normalized spacial score (nSPS) is 12.3. The molecular formula is C10H14O6S2. The van der Waals surface area contributed by atoms with Crippen LogP contribution < -0.4 is 4.18 Å². The van der Waals surface area contributed by atoms with Crippen LogP contribution in [0.1, 0.15) is 5.56 Å². The van der Waals surface area contributed by atoms with Gasteiger partial charge in [-0.3, -0.25) is 4.18 Å². The minimum absolute atomic E-state index is 0.00115. The van der Waals surface area contributed by atoms with Crippen LogP contribution in [0.25, 0.3) is 0 Å². The molecule has 0 bridgehead atoms. The Morgan fingerprint density at radius 1 is 1.06 bits per heavy atom. The molecule has 0 heterocycles. The molecule has 0 amide bonds. The van der Waals surface area contributed by atoms with Gasteiger partial charge in [0.2, 0.25) is 0 Å². The van der Waals surface area contributed by atoms with Gasteiger partial charge in [0.05, 0.1) is 19.1 Å². The van der Waals surface area contributed by atoms with Crippen molar-refractivity contribution in [3.8, 4) is 5.75 Å². The maximum atomic E-state index is 10.9. The van der Waals surface area contributed by atoms with Crippen LogP contribution >= 0.6 is 0 Å². The molecule has 0 atom stereocenters. The smallest absolute Gasteiger partial charge is 0.306 e. The van der Waals surface area contributed by atoms with Gasteiger partial charge in [-0.25, -0.2) is 0 Å². The molecule has 0 aromatic heterocycles. The molecule has 0 fully saturated rings. The molecule has 0 saturated heterocycles.